The summed E-state index contributed by atoms with van der Waals surface area (Å²) in [4.78, 5) is 28.6. The van der Waals surface area contributed by atoms with E-state index in [2.05, 4.69) is 21.2 Å². The third-order valence-electron chi connectivity index (χ3n) is 4.53. The lowest BCUT2D eigenvalue weighted by molar-refractivity contribution is -0.126. The first-order valence-electron chi connectivity index (χ1n) is 8.54. The first-order chi connectivity index (χ1) is 12.5. The van der Waals surface area contributed by atoms with Gasteiger partial charge in [0.2, 0.25) is 11.8 Å². The fourth-order valence-electron chi connectivity index (χ4n) is 3.06. The summed E-state index contributed by atoms with van der Waals surface area (Å²) in [7, 11) is 3.97. The van der Waals surface area contributed by atoms with Gasteiger partial charge in [0.05, 0.1) is 11.6 Å². The summed E-state index contributed by atoms with van der Waals surface area (Å²) in [5.41, 5.74) is 2.94. The number of carbonyl (C=O) groups excluding carboxylic acids is 2. The molecule has 6 heteroatoms. The second-order valence-corrected chi connectivity index (χ2v) is 7.49. The Kier molecular flexibility index (Phi) is 5.61. The topological polar surface area (TPSA) is 52.7 Å². The van der Waals surface area contributed by atoms with Crippen molar-refractivity contribution < 1.29 is 9.59 Å². The van der Waals surface area contributed by atoms with Crippen LogP contribution in [0.2, 0.25) is 0 Å². The monoisotopic (exact) mass is 415 g/mol. The van der Waals surface area contributed by atoms with Crippen molar-refractivity contribution in [3.8, 4) is 0 Å². The van der Waals surface area contributed by atoms with Crippen LogP contribution in [0.5, 0.6) is 0 Å². The van der Waals surface area contributed by atoms with Crippen molar-refractivity contribution in [2.45, 2.75) is 13.0 Å². The van der Waals surface area contributed by atoms with E-state index in [9.17, 15) is 9.59 Å². The molecule has 0 aliphatic carbocycles. The molecule has 136 valence electrons. The molecule has 1 heterocycles. The lowest BCUT2D eigenvalue weighted by Crippen LogP contribution is -2.32. The summed E-state index contributed by atoms with van der Waals surface area (Å²) < 4.78 is 0.856. The molecule has 2 aromatic carbocycles. The number of benzene rings is 2. The number of hydrogen-bond donors (Lipinski definition) is 1. The predicted molar refractivity (Wildman–Crippen MR) is 107 cm³/mol. The average Bonchev–Trinajstić information content (AvgIpc) is 3.02. The number of para-hydroxylation sites is 1. The van der Waals surface area contributed by atoms with Crippen LogP contribution in [0.15, 0.2) is 53.0 Å². The molecule has 5 nitrogen and oxygen atoms in total. The highest BCUT2D eigenvalue weighted by Crippen LogP contribution is 2.31. The van der Waals surface area contributed by atoms with Gasteiger partial charge in [0.15, 0.2) is 0 Å². The Labute approximate surface area is 162 Å². The van der Waals surface area contributed by atoms with Crippen LogP contribution in [0.4, 0.5) is 11.4 Å². The van der Waals surface area contributed by atoms with Gasteiger partial charge in [0, 0.05) is 43.8 Å². The van der Waals surface area contributed by atoms with E-state index in [1.165, 1.54) is 0 Å². The summed E-state index contributed by atoms with van der Waals surface area (Å²) >= 11 is 3.47. The van der Waals surface area contributed by atoms with Crippen LogP contribution in [0, 0.1) is 5.92 Å². The van der Waals surface area contributed by atoms with Crippen LogP contribution >= 0.6 is 15.9 Å². The maximum Gasteiger partial charge on any atom is 0.227 e. The third-order valence-corrected chi connectivity index (χ3v) is 5.20. The van der Waals surface area contributed by atoms with E-state index in [0.29, 0.717) is 13.1 Å². The zero-order valence-corrected chi connectivity index (χ0v) is 16.5. The van der Waals surface area contributed by atoms with Gasteiger partial charge in [-0.2, -0.15) is 0 Å². The minimum Gasteiger partial charge on any atom is -0.378 e. The summed E-state index contributed by atoms with van der Waals surface area (Å²) in [6.07, 6.45) is 0.241. The molecule has 0 saturated carbocycles. The molecule has 1 aliphatic heterocycles. The van der Waals surface area contributed by atoms with Crippen molar-refractivity contribution in [3.63, 3.8) is 0 Å². The van der Waals surface area contributed by atoms with Gasteiger partial charge in [0.1, 0.15) is 0 Å². The van der Waals surface area contributed by atoms with E-state index in [1.54, 1.807) is 4.90 Å². The minimum absolute atomic E-state index is 0.0216. The van der Waals surface area contributed by atoms with E-state index >= 15 is 0 Å². The highest BCUT2D eigenvalue weighted by molar-refractivity contribution is 9.10. The largest absolute Gasteiger partial charge is 0.378 e. The zero-order chi connectivity index (χ0) is 18.7. The molecular formula is C20H22BrN3O2. The van der Waals surface area contributed by atoms with Crippen molar-refractivity contribution in [3.05, 3.63) is 58.6 Å². The minimum atomic E-state index is -0.327. The molecule has 26 heavy (non-hydrogen) atoms. The number of anilines is 2. The van der Waals surface area contributed by atoms with Crippen molar-refractivity contribution in [1.29, 1.82) is 0 Å². The van der Waals surface area contributed by atoms with Gasteiger partial charge in [-0.15, -0.1) is 0 Å². The average molecular weight is 416 g/mol. The normalized spacial score (nSPS) is 16.7. The summed E-state index contributed by atoms with van der Waals surface area (Å²) in [5.74, 6) is -0.429. The Morgan fingerprint density at radius 2 is 2.00 bits per heavy atom. The molecule has 1 unspecified atom stereocenters. The van der Waals surface area contributed by atoms with Crippen molar-refractivity contribution in [2.24, 2.45) is 5.92 Å². The van der Waals surface area contributed by atoms with Crippen LogP contribution in [0.1, 0.15) is 12.0 Å². The summed E-state index contributed by atoms with van der Waals surface area (Å²) in [6.45, 7) is 0.866. The maximum atomic E-state index is 12.5. The van der Waals surface area contributed by atoms with Gasteiger partial charge >= 0.3 is 0 Å². The van der Waals surface area contributed by atoms with Gasteiger partial charge in [-0.25, -0.2) is 0 Å². The van der Waals surface area contributed by atoms with Crippen LogP contribution in [0.25, 0.3) is 0 Å². The second-order valence-electron chi connectivity index (χ2n) is 6.64. The van der Waals surface area contributed by atoms with Gasteiger partial charge in [0.25, 0.3) is 0 Å². The number of nitrogens with zero attached hydrogens (tertiary/aromatic N) is 2. The van der Waals surface area contributed by atoms with Crippen molar-refractivity contribution >= 4 is 39.1 Å². The van der Waals surface area contributed by atoms with E-state index in [1.807, 2.05) is 67.5 Å². The van der Waals surface area contributed by atoms with Gasteiger partial charge < -0.3 is 15.1 Å². The molecule has 1 fully saturated rings. The highest BCUT2D eigenvalue weighted by atomic mass is 79.9. The number of amides is 2. The molecule has 2 amide bonds. The number of carbonyl (C=O) groups is 2. The molecule has 1 aliphatic rings. The Bertz CT molecular complexity index is 822. The molecule has 3 rings (SSSR count). The number of nitrogens with one attached hydrogen (secondary N) is 1. The summed E-state index contributed by atoms with van der Waals surface area (Å²) in [5, 5.41) is 2.97. The van der Waals surface area contributed by atoms with Crippen molar-refractivity contribution in [1.82, 2.24) is 5.32 Å². The molecule has 0 spiro atoms. The van der Waals surface area contributed by atoms with Crippen LogP contribution < -0.4 is 15.1 Å². The lowest BCUT2D eigenvalue weighted by Gasteiger charge is -2.18. The molecular weight excluding hydrogens is 394 g/mol. The Hall–Kier alpha value is -2.34. The molecule has 2 aromatic rings. The van der Waals surface area contributed by atoms with Crippen LogP contribution in [-0.2, 0) is 16.1 Å². The SMILES string of the molecule is CN(C)c1cccc(CNC(=O)C2CC(=O)N(c3ccccc3Br)C2)c1. The smallest absolute Gasteiger partial charge is 0.227 e. The molecule has 1 atom stereocenters. The lowest BCUT2D eigenvalue weighted by atomic mass is 10.1. The number of rotatable bonds is 5. The fraction of sp³-hybridized carbons (Fsp3) is 0.300. The van der Waals surface area contributed by atoms with E-state index in [0.717, 1.165) is 21.4 Å². The van der Waals surface area contributed by atoms with E-state index in [-0.39, 0.29) is 24.2 Å². The Morgan fingerprint density at radius 1 is 1.23 bits per heavy atom. The van der Waals surface area contributed by atoms with Crippen molar-refractivity contribution in [2.75, 3.05) is 30.4 Å². The van der Waals surface area contributed by atoms with Crippen LogP contribution in [-0.4, -0.2) is 32.5 Å². The standard InChI is InChI=1S/C20H22BrN3O2/c1-23(2)16-7-5-6-14(10-16)12-22-20(26)15-11-19(25)24(13-15)18-9-4-3-8-17(18)21/h3-10,15H,11-13H2,1-2H3,(H,22,26). The zero-order valence-electron chi connectivity index (χ0n) is 14.9. The van der Waals surface area contributed by atoms with Gasteiger partial charge in [-0.1, -0.05) is 24.3 Å². The first kappa shape index (κ1) is 18.5. The van der Waals surface area contributed by atoms with Gasteiger partial charge in [-0.3, -0.25) is 9.59 Å². The van der Waals surface area contributed by atoms with E-state index in [4.69, 9.17) is 0 Å². The molecule has 0 aromatic heterocycles. The molecule has 0 radical (unpaired) electrons. The predicted octanol–water partition coefficient (Wildman–Crippen LogP) is 3.18. The Balaban J connectivity index is 1.62. The van der Waals surface area contributed by atoms with E-state index < -0.39 is 0 Å². The molecule has 1 N–H and O–H groups in total. The fourth-order valence-corrected chi connectivity index (χ4v) is 3.56. The van der Waals surface area contributed by atoms with Crippen LogP contribution in [0.3, 0.4) is 0 Å². The number of halogens is 1. The van der Waals surface area contributed by atoms with Gasteiger partial charge in [-0.05, 0) is 45.8 Å². The first-order valence-corrected chi connectivity index (χ1v) is 9.34. The quantitative estimate of drug-likeness (QED) is 0.815. The third kappa shape index (κ3) is 4.07. The Morgan fingerprint density at radius 3 is 2.73 bits per heavy atom. The number of hydrogen-bond acceptors (Lipinski definition) is 3. The molecule has 0 bridgehead atoms. The maximum absolute atomic E-state index is 12.5. The molecule has 1 saturated heterocycles. The second kappa shape index (κ2) is 7.91. The highest BCUT2D eigenvalue weighted by Gasteiger charge is 2.35. The summed E-state index contributed by atoms with van der Waals surface area (Å²) in [6, 6.07) is 15.6.